The molecule has 248 valence electrons. The Morgan fingerprint density at radius 2 is 1.36 bits per heavy atom. The largest absolute Gasteiger partial charge is 0.495 e. The van der Waals surface area contributed by atoms with Crippen LogP contribution in [0.4, 0.5) is 5.69 Å². The Balaban J connectivity index is 1.86. The molecule has 1 atom stereocenters. The van der Waals surface area contributed by atoms with E-state index < -0.39 is 34.1 Å². The Kier molecular flexibility index (Phi) is 11.1. The van der Waals surface area contributed by atoms with Crippen LogP contribution < -0.4 is 14.4 Å². The average molecular weight is 656 g/mol. The number of nitrogens with zero attached hydrogens (tertiary/aromatic N) is 2. The zero-order valence-corrected chi connectivity index (χ0v) is 29.1. The van der Waals surface area contributed by atoms with Crippen LogP contribution in [0.15, 0.2) is 102 Å². The lowest BCUT2D eigenvalue weighted by molar-refractivity contribution is -0.140. The van der Waals surface area contributed by atoms with Crippen LogP contribution >= 0.6 is 0 Å². The van der Waals surface area contributed by atoms with Gasteiger partial charge in [-0.3, -0.25) is 13.9 Å². The first-order chi connectivity index (χ1) is 22.2. The number of anilines is 1. The van der Waals surface area contributed by atoms with Crippen molar-refractivity contribution in [1.82, 2.24) is 10.2 Å². The summed E-state index contributed by atoms with van der Waals surface area (Å²) >= 11 is 0. The summed E-state index contributed by atoms with van der Waals surface area (Å²) in [5, 5.41) is 3.06. The third-order valence-corrected chi connectivity index (χ3v) is 9.51. The highest BCUT2D eigenvalue weighted by Crippen LogP contribution is 2.34. The van der Waals surface area contributed by atoms with Gasteiger partial charge in [-0.2, -0.15) is 0 Å². The third kappa shape index (κ3) is 9.23. The summed E-state index contributed by atoms with van der Waals surface area (Å²) in [4.78, 5) is 30.3. The van der Waals surface area contributed by atoms with E-state index in [9.17, 15) is 18.0 Å². The first-order valence-corrected chi connectivity index (χ1v) is 17.1. The SMILES string of the molecule is COc1ccc(C)cc1N(CC(=O)N(Cc1ccc(C)cc1)C(Cc1ccccc1)C(=O)NC(C)(C)C)S(=O)(=O)c1ccc(C)cc1. The molecule has 0 saturated carbocycles. The van der Waals surface area contributed by atoms with Gasteiger partial charge in [0.15, 0.2) is 0 Å². The molecule has 0 spiro atoms. The predicted octanol–water partition coefficient (Wildman–Crippen LogP) is 6.37. The third-order valence-electron chi connectivity index (χ3n) is 7.73. The summed E-state index contributed by atoms with van der Waals surface area (Å²) in [6, 6.07) is 28.0. The highest BCUT2D eigenvalue weighted by atomic mass is 32.2. The minimum absolute atomic E-state index is 0.0378. The molecule has 4 aromatic carbocycles. The lowest BCUT2D eigenvalue weighted by atomic mass is 10.0. The molecule has 9 heteroatoms. The van der Waals surface area contributed by atoms with Crippen LogP contribution in [0.5, 0.6) is 5.75 Å². The number of carbonyl (C=O) groups excluding carboxylic acids is 2. The van der Waals surface area contributed by atoms with Gasteiger partial charge in [0.1, 0.15) is 18.3 Å². The molecule has 0 bridgehead atoms. The second-order valence-corrected chi connectivity index (χ2v) is 14.8. The van der Waals surface area contributed by atoms with Crippen molar-refractivity contribution in [3.05, 3.63) is 125 Å². The molecule has 1 N–H and O–H groups in total. The molecule has 0 saturated heterocycles. The maximum Gasteiger partial charge on any atom is 0.264 e. The Hall–Kier alpha value is -4.63. The number of hydrogen-bond acceptors (Lipinski definition) is 5. The van der Waals surface area contributed by atoms with E-state index in [1.54, 1.807) is 24.3 Å². The number of methoxy groups -OCH3 is 1. The van der Waals surface area contributed by atoms with Crippen molar-refractivity contribution in [2.75, 3.05) is 18.0 Å². The molecule has 0 aliphatic rings. The smallest absolute Gasteiger partial charge is 0.264 e. The van der Waals surface area contributed by atoms with Crippen molar-refractivity contribution in [1.29, 1.82) is 0 Å². The molecule has 47 heavy (non-hydrogen) atoms. The van der Waals surface area contributed by atoms with Crippen LogP contribution in [0.2, 0.25) is 0 Å². The molecular formula is C38H45N3O5S. The van der Waals surface area contributed by atoms with Gasteiger partial charge >= 0.3 is 0 Å². The topological polar surface area (TPSA) is 96.0 Å². The summed E-state index contributed by atoms with van der Waals surface area (Å²) in [6.07, 6.45) is 0.235. The number of amides is 2. The highest BCUT2D eigenvalue weighted by Gasteiger charge is 2.36. The lowest BCUT2D eigenvalue weighted by Crippen LogP contribution is -2.56. The maximum atomic E-state index is 14.7. The second-order valence-electron chi connectivity index (χ2n) is 13.0. The molecule has 0 fully saturated rings. The molecule has 1 unspecified atom stereocenters. The molecule has 8 nitrogen and oxygen atoms in total. The Morgan fingerprint density at radius 1 is 0.787 bits per heavy atom. The quantitative estimate of drug-likeness (QED) is 0.191. The molecular weight excluding hydrogens is 611 g/mol. The Labute approximate surface area is 279 Å². The van der Waals surface area contributed by atoms with E-state index >= 15 is 0 Å². The van der Waals surface area contributed by atoms with E-state index in [0.29, 0.717) is 5.75 Å². The number of ether oxygens (including phenoxy) is 1. The monoisotopic (exact) mass is 655 g/mol. The normalized spacial score (nSPS) is 12.2. The van der Waals surface area contributed by atoms with Gasteiger partial charge in [-0.1, -0.05) is 83.9 Å². The van der Waals surface area contributed by atoms with Crippen LogP contribution in [0, 0.1) is 20.8 Å². The fourth-order valence-corrected chi connectivity index (χ4v) is 6.66. The number of benzene rings is 4. The summed E-state index contributed by atoms with van der Waals surface area (Å²) in [5.74, 6) is -0.562. The summed E-state index contributed by atoms with van der Waals surface area (Å²) < 4.78 is 35.5. The molecule has 0 aromatic heterocycles. The molecule has 0 aliphatic carbocycles. The number of carbonyl (C=O) groups is 2. The van der Waals surface area contributed by atoms with Crippen LogP contribution in [0.25, 0.3) is 0 Å². The summed E-state index contributed by atoms with van der Waals surface area (Å²) in [6.45, 7) is 10.9. The molecule has 0 aliphatic heterocycles. The van der Waals surface area contributed by atoms with Crippen LogP contribution in [0.1, 0.15) is 48.6 Å². The minimum atomic E-state index is -4.26. The van der Waals surface area contributed by atoms with Gasteiger partial charge in [-0.15, -0.1) is 0 Å². The van der Waals surface area contributed by atoms with Gasteiger partial charge in [0, 0.05) is 18.5 Å². The highest BCUT2D eigenvalue weighted by molar-refractivity contribution is 7.92. The van der Waals surface area contributed by atoms with E-state index in [1.165, 1.54) is 24.1 Å². The van der Waals surface area contributed by atoms with Crippen molar-refractivity contribution in [3.63, 3.8) is 0 Å². The number of hydrogen-bond donors (Lipinski definition) is 1. The summed E-state index contributed by atoms with van der Waals surface area (Å²) in [5.41, 5.74) is 4.09. The van der Waals surface area contributed by atoms with Crippen molar-refractivity contribution >= 4 is 27.5 Å². The zero-order valence-electron chi connectivity index (χ0n) is 28.3. The summed E-state index contributed by atoms with van der Waals surface area (Å²) in [7, 11) is -2.79. The molecule has 0 radical (unpaired) electrons. The predicted molar refractivity (Wildman–Crippen MR) is 187 cm³/mol. The Morgan fingerprint density at radius 3 is 1.94 bits per heavy atom. The zero-order chi connectivity index (χ0) is 34.4. The van der Waals surface area contributed by atoms with E-state index in [1.807, 2.05) is 102 Å². The fourth-order valence-electron chi connectivity index (χ4n) is 5.24. The molecule has 2 amide bonds. The second kappa shape index (κ2) is 14.9. The van der Waals surface area contributed by atoms with E-state index in [4.69, 9.17) is 4.74 Å². The number of nitrogens with one attached hydrogen (secondary N) is 1. The van der Waals surface area contributed by atoms with E-state index in [0.717, 1.165) is 32.1 Å². The Bertz CT molecular complexity index is 1780. The minimum Gasteiger partial charge on any atom is -0.495 e. The van der Waals surface area contributed by atoms with Gasteiger partial charge < -0.3 is 15.0 Å². The lowest BCUT2D eigenvalue weighted by Gasteiger charge is -2.35. The van der Waals surface area contributed by atoms with Gasteiger partial charge in [-0.25, -0.2) is 8.42 Å². The number of sulfonamides is 1. The van der Waals surface area contributed by atoms with Gasteiger partial charge in [0.05, 0.1) is 17.7 Å². The first-order valence-electron chi connectivity index (χ1n) is 15.6. The fraction of sp³-hybridized carbons (Fsp3) is 0.316. The van der Waals surface area contributed by atoms with Gasteiger partial charge in [0.25, 0.3) is 10.0 Å². The van der Waals surface area contributed by atoms with Crippen LogP contribution in [-0.4, -0.2) is 50.4 Å². The average Bonchev–Trinajstić information content (AvgIpc) is 3.02. The standard InChI is InChI=1S/C38H45N3O5S/c1-27-13-18-31(19-14-27)25-40(34(37(43)39-38(4,5)6)24-30-11-9-8-10-12-30)36(42)26-41(33-23-29(3)17-22-35(33)46-7)47(44,45)32-20-15-28(2)16-21-32/h8-23,34H,24-26H2,1-7H3,(H,39,43). The first kappa shape index (κ1) is 35.2. The van der Waals surface area contributed by atoms with Crippen molar-refractivity contribution in [2.24, 2.45) is 0 Å². The van der Waals surface area contributed by atoms with Crippen LogP contribution in [0.3, 0.4) is 0 Å². The number of aryl methyl sites for hydroxylation is 3. The van der Waals surface area contributed by atoms with E-state index in [2.05, 4.69) is 5.32 Å². The van der Waals surface area contributed by atoms with Gasteiger partial charge in [-0.05, 0) is 82.5 Å². The number of rotatable bonds is 12. The van der Waals surface area contributed by atoms with Crippen molar-refractivity contribution in [2.45, 2.75) is 71.0 Å². The van der Waals surface area contributed by atoms with Crippen molar-refractivity contribution in [3.8, 4) is 5.75 Å². The molecule has 4 rings (SSSR count). The van der Waals surface area contributed by atoms with E-state index in [-0.39, 0.29) is 29.5 Å². The molecule has 4 aromatic rings. The maximum absolute atomic E-state index is 14.7. The van der Waals surface area contributed by atoms with Gasteiger partial charge in [0.2, 0.25) is 11.8 Å². The van der Waals surface area contributed by atoms with Crippen molar-refractivity contribution < 1.29 is 22.7 Å². The van der Waals surface area contributed by atoms with Crippen LogP contribution in [-0.2, 0) is 32.6 Å². The molecule has 0 heterocycles.